The number of nitrogens with zero attached hydrogens (tertiary/aromatic N) is 5. The lowest BCUT2D eigenvalue weighted by Gasteiger charge is -2.29. The number of nitrogens with one attached hydrogen (secondary N) is 1. The van der Waals surface area contributed by atoms with Crippen molar-refractivity contribution in [3.8, 4) is 17.2 Å². The van der Waals surface area contributed by atoms with Gasteiger partial charge in [-0.15, -0.1) is 0 Å². The number of halogens is 1. The van der Waals surface area contributed by atoms with Crippen molar-refractivity contribution >= 4 is 40.2 Å². The number of hydrogen-bond donors (Lipinski definition) is 2. The zero-order chi connectivity index (χ0) is 25.9. The molecule has 3 heterocycles. The van der Waals surface area contributed by atoms with E-state index in [0.717, 1.165) is 17.1 Å². The molecule has 5 rings (SSSR count). The molecule has 1 atom stereocenters. The molecule has 2 aromatic heterocycles. The van der Waals surface area contributed by atoms with E-state index >= 15 is 0 Å². The fourth-order valence-electron chi connectivity index (χ4n) is 4.50. The van der Waals surface area contributed by atoms with Crippen LogP contribution in [0.25, 0.3) is 22.0 Å². The van der Waals surface area contributed by atoms with E-state index in [-0.39, 0.29) is 23.1 Å². The van der Waals surface area contributed by atoms with Gasteiger partial charge in [-0.05, 0) is 30.7 Å². The summed E-state index contributed by atoms with van der Waals surface area (Å²) in [6, 6.07) is 15.3. The molecule has 0 bridgehead atoms. The third-order valence-corrected chi connectivity index (χ3v) is 7.24. The summed E-state index contributed by atoms with van der Waals surface area (Å²) in [6.45, 7) is 3.10. The fraction of sp³-hybridized carbons (Fsp3) is 0.222. The number of carbonyl (C=O) groups is 1. The minimum Gasteiger partial charge on any atom is -0.382 e. The Bertz CT molecular complexity index is 1520. The van der Waals surface area contributed by atoms with Gasteiger partial charge < -0.3 is 16.0 Å². The molecule has 0 saturated carbocycles. The SMILES string of the molecule is C[C@H](Nc1ncnc(N)c1C#N)c1nc2ccc(F)cc2c(C(=O)N2CCSCC2)c1-c1ccccc1. The summed E-state index contributed by atoms with van der Waals surface area (Å²) in [6.07, 6.45) is 1.28. The maximum Gasteiger partial charge on any atom is 0.255 e. The van der Waals surface area contributed by atoms with Crippen LogP contribution in [0.5, 0.6) is 0 Å². The van der Waals surface area contributed by atoms with E-state index in [2.05, 4.69) is 15.3 Å². The molecule has 1 saturated heterocycles. The first-order valence-corrected chi connectivity index (χ1v) is 13.0. The van der Waals surface area contributed by atoms with Crippen molar-refractivity contribution in [1.82, 2.24) is 19.9 Å². The molecule has 0 spiro atoms. The Hall–Kier alpha value is -4.23. The molecule has 186 valence electrons. The van der Waals surface area contributed by atoms with Crippen molar-refractivity contribution in [3.63, 3.8) is 0 Å². The fourth-order valence-corrected chi connectivity index (χ4v) is 5.41. The first-order chi connectivity index (χ1) is 18.0. The minimum atomic E-state index is -0.491. The average molecular weight is 514 g/mol. The lowest BCUT2D eigenvalue weighted by atomic mass is 9.91. The van der Waals surface area contributed by atoms with Gasteiger partial charge in [-0.25, -0.2) is 19.3 Å². The first-order valence-electron chi connectivity index (χ1n) is 11.8. The molecule has 37 heavy (non-hydrogen) atoms. The molecule has 10 heteroatoms. The van der Waals surface area contributed by atoms with E-state index in [1.807, 2.05) is 48.2 Å². The zero-order valence-corrected chi connectivity index (χ0v) is 20.9. The molecule has 0 aliphatic carbocycles. The number of carbonyl (C=O) groups excluding carboxylic acids is 1. The lowest BCUT2D eigenvalue weighted by Crippen LogP contribution is -2.38. The molecule has 3 N–H and O–H groups in total. The standard InChI is InChI=1S/C27H24FN7OS/c1-16(33-26-20(14-29)25(30)31-15-32-26)24-22(17-5-3-2-4-6-17)23(27(36)35-9-11-37-12-10-35)19-13-18(28)7-8-21(19)34-24/h2-8,13,15-16H,9-12H2,1H3,(H3,30,31,32,33)/t16-/m0/s1. The van der Waals surface area contributed by atoms with Crippen LogP contribution in [-0.4, -0.2) is 50.4 Å². The molecule has 2 aromatic carbocycles. The number of nitrogens with two attached hydrogens (primary N) is 1. The third kappa shape index (κ3) is 4.78. The lowest BCUT2D eigenvalue weighted by molar-refractivity contribution is 0.0775. The van der Waals surface area contributed by atoms with E-state index < -0.39 is 11.9 Å². The number of benzene rings is 2. The van der Waals surface area contributed by atoms with Crippen LogP contribution >= 0.6 is 11.8 Å². The van der Waals surface area contributed by atoms with Gasteiger partial charge in [0.1, 0.15) is 35.4 Å². The van der Waals surface area contributed by atoms with Crippen molar-refractivity contribution < 1.29 is 9.18 Å². The Morgan fingerprint density at radius 3 is 2.68 bits per heavy atom. The number of amides is 1. The number of aromatic nitrogens is 3. The highest BCUT2D eigenvalue weighted by Crippen LogP contribution is 2.37. The number of nitriles is 1. The summed E-state index contributed by atoms with van der Waals surface area (Å²) in [7, 11) is 0. The molecular weight excluding hydrogens is 489 g/mol. The van der Waals surface area contributed by atoms with Crippen molar-refractivity contribution in [1.29, 1.82) is 5.26 Å². The summed E-state index contributed by atoms with van der Waals surface area (Å²) >= 11 is 1.81. The van der Waals surface area contributed by atoms with Gasteiger partial charge in [-0.3, -0.25) is 4.79 Å². The minimum absolute atomic E-state index is 0.0660. The number of nitrogen functional groups attached to an aromatic ring is 1. The Morgan fingerprint density at radius 1 is 1.19 bits per heavy atom. The molecule has 0 radical (unpaired) electrons. The van der Waals surface area contributed by atoms with E-state index in [0.29, 0.717) is 40.8 Å². The maximum atomic E-state index is 14.5. The normalized spacial score (nSPS) is 14.2. The van der Waals surface area contributed by atoms with E-state index in [1.54, 1.807) is 17.8 Å². The van der Waals surface area contributed by atoms with Gasteiger partial charge >= 0.3 is 0 Å². The molecule has 1 amide bonds. The Labute approximate surface area is 217 Å². The van der Waals surface area contributed by atoms with Crippen molar-refractivity contribution in [2.24, 2.45) is 0 Å². The second-order valence-electron chi connectivity index (χ2n) is 8.64. The zero-order valence-electron chi connectivity index (χ0n) is 20.1. The number of rotatable bonds is 5. The Kier molecular flexibility index (Phi) is 6.88. The molecule has 1 fully saturated rings. The summed E-state index contributed by atoms with van der Waals surface area (Å²) in [5, 5.41) is 13.3. The van der Waals surface area contributed by atoms with E-state index in [4.69, 9.17) is 10.7 Å². The smallest absolute Gasteiger partial charge is 0.255 e. The average Bonchev–Trinajstić information content (AvgIpc) is 2.92. The molecule has 1 aliphatic heterocycles. The predicted molar refractivity (Wildman–Crippen MR) is 144 cm³/mol. The monoisotopic (exact) mass is 513 g/mol. The van der Waals surface area contributed by atoms with Crippen LogP contribution in [0.1, 0.15) is 34.6 Å². The van der Waals surface area contributed by atoms with Gasteiger partial charge in [-0.2, -0.15) is 17.0 Å². The van der Waals surface area contributed by atoms with Crippen LogP contribution in [0.4, 0.5) is 16.0 Å². The third-order valence-electron chi connectivity index (χ3n) is 6.30. The van der Waals surface area contributed by atoms with Gasteiger partial charge in [0, 0.05) is 35.5 Å². The van der Waals surface area contributed by atoms with Crippen molar-refractivity contribution in [3.05, 3.63) is 77.5 Å². The number of pyridine rings is 1. The second-order valence-corrected chi connectivity index (χ2v) is 9.86. The van der Waals surface area contributed by atoms with Crippen molar-refractivity contribution in [2.45, 2.75) is 13.0 Å². The number of fused-ring (bicyclic) bond motifs is 1. The van der Waals surface area contributed by atoms with Gasteiger partial charge in [0.05, 0.1) is 22.8 Å². The van der Waals surface area contributed by atoms with Gasteiger partial charge in [0.25, 0.3) is 5.91 Å². The van der Waals surface area contributed by atoms with Crippen LogP contribution in [0.2, 0.25) is 0 Å². The van der Waals surface area contributed by atoms with Gasteiger partial charge in [0.2, 0.25) is 0 Å². The first kappa shape index (κ1) is 24.5. The largest absolute Gasteiger partial charge is 0.382 e. The highest BCUT2D eigenvalue weighted by molar-refractivity contribution is 7.99. The maximum absolute atomic E-state index is 14.5. The summed E-state index contributed by atoms with van der Waals surface area (Å²) in [5.74, 6) is 1.43. The topological polar surface area (TPSA) is 121 Å². The number of hydrogen-bond acceptors (Lipinski definition) is 8. The molecule has 0 unspecified atom stereocenters. The van der Waals surface area contributed by atoms with Crippen LogP contribution in [0.3, 0.4) is 0 Å². The molecule has 4 aromatic rings. The molecule has 8 nitrogen and oxygen atoms in total. The Balaban J connectivity index is 1.75. The van der Waals surface area contributed by atoms with Crippen LogP contribution in [0, 0.1) is 17.1 Å². The van der Waals surface area contributed by atoms with Gasteiger partial charge in [-0.1, -0.05) is 30.3 Å². The van der Waals surface area contributed by atoms with E-state index in [1.165, 1.54) is 18.5 Å². The van der Waals surface area contributed by atoms with Crippen LogP contribution in [-0.2, 0) is 0 Å². The predicted octanol–water partition coefficient (Wildman–Crippen LogP) is 4.65. The number of thioether (sulfide) groups is 1. The summed E-state index contributed by atoms with van der Waals surface area (Å²) < 4.78 is 14.5. The van der Waals surface area contributed by atoms with Gasteiger partial charge in [0.15, 0.2) is 0 Å². The highest BCUT2D eigenvalue weighted by Gasteiger charge is 2.29. The van der Waals surface area contributed by atoms with Crippen molar-refractivity contribution in [2.75, 3.05) is 35.6 Å². The highest BCUT2D eigenvalue weighted by atomic mass is 32.2. The molecule has 1 aliphatic rings. The molecular formula is C27H24FN7OS. The van der Waals surface area contributed by atoms with Crippen LogP contribution in [0.15, 0.2) is 54.9 Å². The second kappa shape index (κ2) is 10.4. The number of anilines is 2. The quantitative estimate of drug-likeness (QED) is 0.396. The van der Waals surface area contributed by atoms with Crippen LogP contribution < -0.4 is 11.1 Å². The summed E-state index contributed by atoms with van der Waals surface area (Å²) in [5.41, 5.74) is 8.89. The van der Waals surface area contributed by atoms with E-state index in [9.17, 15) is 14.4 Å². The Morgan fingerprint density at radius 2 is 1.95 bits per heavy atom. The summed E-state index contributed by atoms with van der Waals surface area (Å²) in [4.78, 5) is 28.9.